The van der Waals surface area contributed by atoms with Crippen molar-refractivity contribution in [1.29, 1.82) is 0 Å². The van der Waals surface area contributed by atoms with E-state index in [2.05, 4.69) is 10.2 Å². The van der Waals surface area contributed by atoms with Gasteiger partial charge >= 0.3 is 0 Å². The van der Waals surface area contributed by atoms with E-state index in [1.54, 1.807) is 12.1 Å². The summed E-state index contributed by atoms with van der Waals surface area (Å²) in [5.41, 5.74) is 0.967. The molecule has 1 aromatic rings. The smallest absolute Gasteiger partial charge is 0.160 e. The largest absolute Gasteiger partial charge is 0.504 e. The van der Waals surface area contributed by atoms with Crippen molar-refractivity contribution in [2.75, 3.05) is 39.9 Å². The van der Waals surface area contributed by atoms with Crippen molar-refractivity contribution in [2.45, 2.75) is 6.04 Å². The van der Waals surface area contributed by atoms with Gasteiger partial charge in [-0.3, -0.25) is 4.90 Å². The molecule has 6 heteroatoms. The van der Waals surface area contributed by atoms with E-state index in [4.69, 9.17) is 4.74 Å². The molecule has 3 N–H and O–H groups in total. The van der Waals surface area contributed by atoms with Gasteiger partial charge in [0.1, 0.15) is 0 Å². The van der Waals surface area contributed by atoms with Crippen molar-refractivity contribution in [3.05, 3.63) is 23.8 Å². The van der Waals surface area contributed by atoms with E-state index in [0.717, 1.165) is 31.7 Å². The van der Waals surface area contributed by atoms with E-state index in [-0.39, 0.29) is 30.8 Å². The molecule has 0 spiro atoms. The molecule has 0 unspecified atom stereocenters. The average Bonchev–Trinajstić information content (AvgIpc) is 2.42. The van der Waals surface area contributed by atoms with E-state index >= 15 is 0 Å². The molecule has 19 heavy (non-hydrogen) atoms. The minimum Gasteiger partial charge on any atom is -0.504 e. The lowest BCUT2D eigenvalue weighted by molar-refractivity contribution is 0.110. The molecule has 1 atom stereocenters. The van der Waals surface area contributed by atoms with Crippen LogP contribution in [0.5, 0.6) is 11.5 Å². The zero-order valence-corrected chi connectivity index (χ0v) is 11.8. The number of phenolic OH excluding ortho intramolecular Hbond substituents is 1. The molecule has 1 aliphatic rings. The van der Waals surface area contributed by atoms with Gasteiger partial charge in [0.25, 0.3) is 0 Å². The Morgan fingerprint density at radius 1 is 1.37 bits per heavy atom. The molecule has 108 valence electrons. The van der Waals surface area contributed by atoms with Crippen LogP contribution in [0.2, 0.25) is 0 Å². The van der Waals surface area contributed by atoms with Crippen LogP contribution in [0, 0.1) is 0 Å². The number of phenols is 1. The summed E-state index contributed by atoms with van der Waals surface area (Å²) in [6, 6.07) is 5.19. The Balaban J connectivity index is 0.00000180. The normalized spacial score (nSPS) is 17.6. The lowest BCUT2D eigenvalue weighted by atomic mass is 10.0. The Morgan fingerprint density at radius 3 is 2.63 bits per heavy atom. The number of methoxy groups -OCH3 is 1. The van der Waals surface area contributed by atoms with E-state index < -0.39 is 0 Å². The number of hydrogen-bond acceptors (Lipinski definition) is 5. The third-order valence-corrected chi connectivity index (χ3v) is 3.35. The van der Waals surface area contributed by atoms with Gasteiger partial charge in [0.15, 0.2) is 11.5 Å². The quantitative estimate of drug-likeness (QED) is 0.763. The Labute approximate surface area is 119 Å². The van der Waals surface area contributed by atoms with Gasteiger partial charge in [0, 0.05) is 26.2 Å². The fourth-order valence-corrected chi connectivity index (χ4v) is 2.33. The molecule has 5 nitrogen and oxygen atoms in total. The highest BCUT2D eigenvalue weighted by Gasteiger charge is 2.22. The van der Waals surface area contributed by atoms with Crippen molar-refractivity contribution in [2.24, 2.45) is 0 Å². The number of benzene rings is 1. The monoisotopic (exact) mass is 288 g/mol. The summed E-state index contributed by atoms with van der Waals surface area (Å²) in [7, 11) is 1.53. The molecule has 0 bridgehead atoms. The van der Waals surface area contributed by atoms with Gasteiger partial charge in [-0.2, -0.15) is 0 Å². The van der Waals surface area contributed by atoms with Crippen LogP contribution in [0.25, 0.3) is 0 Å². The van der Waals surface area contributed by atoms with Gasteiger partial charge in [-0.25, -0.2) is 0 Å². The first-order valence-electron chi connectivity index (χ1n) is 6.18. The highest BCUT2D eigenvalue weighted by atomic mass is 35.5. The Kier molecular flexibility index (Phi) is 6.37. The van der Waals surface area contributed by atoms with E-state index in [0.29, 0.717) is 5.75 Å². The van der Waals surface area contributed by atoms with E-state index in [9.17, 15) is 10.2 Å². The molecule has 0 aromatic heterocycles. The van der Waals surface area contributed by atoms with Gasteiger partial charge in [-0.05, 0) is 17.7 Å². The van der Waals surface area contributed by atoms with Gasteiger partial charge in [-0.1, -0.05) is 6.07 Å². The van der Waals surface area contributed by atoms with Gasteiger partial charge in [-0.15, -0.1) is 12.4 Å². The molecule has 0 amide bonds. The van der Waals surface area contributed by atoms with Crippen molar-refractivity contribution in [3.63, 3.8) is 0 Å². The summed E-state index contributed by atoms with van der Waals surface area (Å²) >= 11 is 0. The van der Waals surface area contributed by atoms with Crippen LogP contribution >= 0.6 is 12.4 Å². The van der Waals surface area contributed by atoms with Crippen LogP contribution in [0.15, 0.2) is 18.2 Å². The van der Waals surface area contributed by atoms with Gasteiger partial charge in [0.05, 0.1) is 19.8 Å². The van der Waals surface area contributed by atoms with Crippen LogP contribution in [0.4, 0.5) is 0 Å². The summed E-state index contributed by atoms with van der Waals surface area (Å²) in [4.78, 5) is 2.24. The molecule has 0 saturated carbocycles. The number of hydrogen-bond donors (Lipinski definition) is 3. The molecule has 1 aromatic carbocycles. The standard InChI is InChI=1S/C13H20N2O3.ClH/c1-18-13-8-10(2-3-12(13)17)11(9-16)15-6-4-14-5-7-15;/h2-3,8,11,14,16-17H,4-7,9H2,1H3;1H/t11-;/m1./s1. The first kappa shape index (κ1) is 16.0. The minimum atomic E-state index is -0.0402. The molecular weight excluding hydrogens is 268 g/mol. The number of ether oxygens (including phenoxy) is 1. The summed E-state index contributed by atoms with van der Waals surface area (Å²) in [6.45, 7) is 3.76. The van der Waals surface area contributed by atoms with Gasteiger partial charge < -0.3 is 20.3 Å². The summed E-state index contributed by atoms with van der Waals surface area (Å²) in [6.07, 6.45) is 0. The first-order valence-corrected chi connectivity index (χ1v) is 6.18. The average molecular weight is 289 g/mol. The van der Waals surface area contributed by atoms with E-state index in [1.165, 1.54) is 7.11 Å². The maximum Gasteiger partial charge on any atom is 0.160 e. The zero-order valence-electron chi connectivity index (χ0n) is 11.0. The number of rotatable bonds is 4. The van der Waals surface area contributed by atoms with Crippen molar-refractivity contribution in [1.82, 2.24) is 10.2 Å². The fraction of sp³-hybridized carbons (Fsp3) is 0.538. The van der Waals surface area contributed by atoms with Crippen molar-refractivity contribution < 1.29 is 14.9 Å². The molecule has 2 rings (SSSR count). The highest BCUT2D eigenvalue weighted by Crippen LogP contribution is 2.31. The number of aliphatic hydroxyl groups is 1. The topological polar surface area (TPSA) is 65.0 Å². The maximum absolute atomic E-state index is 9.60. The Hall–Kier alpha value is -1.01. The number of nitrogens with zero attached hydrogens (tertiary/aromatic N) is 1. The number of piperazine rings is 1. The second kappa shape index (κ2) is 7.55. The molecule has 0 radical (unpaired) electrons. The number of nitrogens with one attached hydrogen (secondary N) is 1. The number of aliphatic hydroxyl groups excluding tert-OH is 1. The third-order valence-electron chi connectivity index (χ3n) is 3.35. The fourth-order valence-electron chi connectivity index (χ4n) is 2.33. The molecule has 1 saturated heterocycles. The molecular formula is C13H21ClN2O3. The SMILES string of the molecule is COc1cc([C@@H](CO)N2CCNCC2)ccc1O.Cl. The van der Waals surface area contributed by atoms with Crippen LogP contribution in [0.1, 0.15) is 11.6 Å². The predicted molar refractivity (Wildman–Crippen MR) is 76.2 cm³/mol. The van der Waals surface area contributed by atoms with Crippen LogP contribution in [-0.4, -0.2) is 55.0 Å². The Bertz CT molecular complexity index is 397. The van der Waals surface area contributed by atoms with Crippen molar-refractivity contribution >= 4 is 12.4 Å². The number of aromatic hydroxyl groups is 1. The summed E-state index contributed by atoms with van der Waals surface area (Å²) in [5, 5.41) is 22.5. The number of halogens is 1. The van der Waals surface area contributed by atoms with Crippen LogP contribution in [-0.2, 0) is 0 Å². The highest BCUT2D eigenvalue weighted by molar-refractivity contribution is 5.85. The van der Waals surface area contributed by atoms with Gasteiger partial charge in [0.2, 0.25) is 0 Å². The molecule has 1 aliphatic heterocycles. The third kappa shape index (κ3) is 3.73. The summed E-state index contributed by atoms with van der Waals surface area (Å²) < 4.78 is 5.11. The molecule has 0 aliphatic carbocycles. The minimum absolute atomic E-state index is 0. The lowest BCUT2D eigenvalue weighted by Gasteiger charge is -2.34. The molecule has 1 fully saturated rings. The second-order valence-electron chi connectivity index (χ2n) is 4.42. The van der Waals surface area contributed by atoms with Crippen molar-refractivity contribution in [3.8, 4) is 11.5 Å². The predicted octanol–water partition coefficient (Wildman–Crippen LogP) is 0.761. The first-order chi connectivity index (χ1) is 8.76. The molecule has 1 heterocycles. The lowest BCUT2D eigenvalue weighted by Crippen LogP contribution is -2.46. The van der Waals surface area contributed by atoms with Crippen LogP contribution in [0.3, 0.4) is 0 Å². The zero-order chi connectivity index (χ0) is 13.0. The Morgan fingerprint density at radius 2 is 2.05 bits per heavy atom. The summed E-state index contributed by atoms with van der Waals surface area (Å²) in [5.74, 6) is 0.569. The van der Waals surface area contributed by atoms with Crippen LogP contribution < -0.4 is 10.1 Å². The second-order valence-corrected chi connectivity index (χ2v) is 4.42. The van der Waals surface area contributed by atoms with E-state index in [1.807, 2.05) is 6.07 Å². The maximum atomic E-state index is 9.60.